The fourth-order valence-corrected chi connectivity index (χ4v) is 1.88. The maximum absolute atomic E-state index is 13.8. The molecular formula is C14H12ClFN2O. The molecule has 0 unspecified atom stereocenters. The van der Waals surface area contributed by atoms with Crippen LogP contribution in [0.15, 0.2) is 36.4 Å². The molecule has 0 aromatic heterocycles. The van der Waals surface area contributed by atoms with Crippen molar-refractivity contribution < 1.29 is 9.13 Å². The average molecular weight is 279 g/mol. The van der Waals surface area contributed by atoms with Gasteiger partial charge in [-0.3, -0.25) is 5.41 Å². The summed E-state index contributed by atoms with van der Waals surface area (Å²) in [6.07, 6.45) is 0. The molecule has 0 amide bonds. The second kappa shape index (κ2) is 5.28. The van der Waals surface area contributed by atoms with E-state index in [0.717, 1.165) is 0 Å². The van der Waals surface area contributed by atoms with Gasteiger partial charge in [-0.2, -0.15) is 0 Å². The fraction of sp³-hybridized carbons (Fsp3) is 0.0714. The molecule has 0 bridgehead atoms. The number of nitrogen functional groups attached to an aromatic ring is 1. The minimum Gasteiger partial charge on any atom is -0.454 e. The first-order chi connectivity index (χ1) is 8.99. The number of ether oxygens (including phenoxy) is 1. The number of rotatable bonds is 3. The molecule has 0 radical (unpaired) electrons. The van der Waals surface area contributed by atoms with E-state index in [9.17, 15) is 4.39 Å². The molecule has 2 rings (SSSR count). The van der Waals surface area contributed by atoms with Crippen molar-refractivity contribution in [3.8, 4) is 11.5 Å². The molecule has 98 valence electrons. The van der Waals surface area contributed by atoms with Gasteiger partial charge < -0.3 is 10.5 Å². The first kappa shape index (κ1) is 13.4. The molecule has 19 heavy (non-hydrogen) atoms. The van der Waals surface area contributed by atoms with Gasteiger partial charge in [0, 0.05) is 11.6 Å². The molecule has 0 saturated heterocycles. The van der Waals surface area contributed by atoms with E-state index in [1.165, 1.54) is 12.1 Å². The Morgan fingerprint density at radius 3 is 2.68 bits per heavy atom. The lowest BCUT2D eigenvalue weighted by Crippen LogP contribution is -2.11. The molecule has 5 heteroatoms. The summed E-state index contributed by atoms with van der Waals surface area (Å²) >= 11 is 5.97. The van der Waals surface area contributed by atoms with Gasteiger partial charge in [-0.15, -0.1) is 0 Å². The van der Waals surface area contributed by atoms with Gasteiger partial charge >= 0.3 is 0 Å². The van der Waals surface area contributed by atoms with Crippen LogP contribution in [-0.4, -0.2) is 5.84 Å². The van der Waals surface area contributed by atoms with Crippen LogP contribution in [-0.2, 0) is 0 Å². The van der Waals surface area contributed by atoms with Crippen LogP contribution in [0.5, 0.6) is 11.5 Å². The largest absolute Gasteiger partial charge is 0.454 e. The van der Waals surface area contributed by atoms with Gasteiger partial charge in [-0.25, -0.2) is 4.39 Å². The van der Waals surface area contributed by atoms with Crippen molar-refractivity contribution in [3.05, 3.63) is 58.4 Å². The van der Waals surface area contributed by atoms with E-state index in [1.807, 2.05) is 0 Å². The van der Waals surface area contributed by atoms with Crippen LogP contribution in [0.2, 0.25) is 5.02 Å². The third kappa shape index (κ3) is 2.85. The Morgan fingerprint density at radius 1 is 1.32 bits per heavy atom. The third-order valence-electron chi connectivity index (χ3n) is 2.61. The lowest BCUT2D eigenvalue weighted by Gasteiger charge is -2.09. The number of hydrogen-bond acceptors (Lipinski definition) is 2. The molecule has 0 atom stereocenters. The number of amidine groups is 1. The van der Waals surface area contributed by atoms with Crippen molar-refractivity contribution in [2.45, 2.75) is 6.92 Å². The number of halogens is 2. The summed E-state index contributed by atoms with van der Waals surface area (Å²) in [5.41, 5.74) is 6.28. The van der Waals surface area contributed by atoms with E-state index in [4.69, 9.17) is 27.5 Å². The molecule has 0 fully saturated rings. The Bertz CT molecular complexity index is 643. The van der Waals surface area contributed by atoms with Crippen LogP contribution in [0.3, 0.4) is 0 Å². The van der Waals surface area contributed by atoms with Gasteiger partial charge in [0.05, 0.1) is 5.02 Å². The van der Waals surface area contributed by atoms with Crippen molar-refractivity contribution in [3.63, 3.8) is 0 Å². The standard InChI is InChI=1S/C14H12ClFN2O/c1-8-3-2-4-12(13(8)16)19-9-5-6-10(14(17)18)11(15)7-9/h2-7H,1H3,(H3,17,18). The molecule has 0 aliphatic carbocycles. The summed E-state index contributed by atoms with van der Waals surface area (Å²) in [4.78, 5) is 0. The molecule has 3 nitrogen and oxygen atoms in total. The van der Waals surface area contributed by atoms with Gasteiger partial charge in [-0.05, 0) is 30.7 Å². The van der Waals surface area contributed by atoms with Crippen molar-refractivity contribution in [2.75, 3.05) is 0 Å². The van der Waals surface area contributed by atoms with Crippen LogP contribution in [0, 0.1) is 18.2 Å². The second-order valence-electron chi connectivity index (χ2n) is 4.04. The van der Waals surface area contributed by atoms with Crippen LogP contribution >= 0.6 is 11.6 Å². The lowest BCUT2D eigenvalue weighted by atomic mass is 10.2. The third-order valence-corrected chi connectivity index (χ3v) is 2.93. The molecule has 0 saturated carbocycles. The highest BCUT2D eigenvalue weighted by atomic mass is 35.5. The quantitative estimate of drug-likeness (QED) is 0.661. The number of nitrogens with two attached hydrogens (primary N) is 1. The summed E-state index contributed by atoms with van der Waals surface area (Å²) in [7, 11) is 0. The van der Waals surface area contributed by atoms with E-state index in [-0.39, 0.29) is 16.6 Å². The molecule has 3 N–H and O–H groups in total. The monoisotopic (exact) mass is 278 g/mol. The van der Waals surface area contributed by atoms with E-state index >= 15 is 0 Å². The molecule has 0 aliphatic rings. The Hall–Kier alpha value is -2.07. The van der Waals surface area contributed by atoms with Crippen molar-refractivity contribution in [1.29, 1.82) is 5.41 Å². The maximum Gasteiger partial charge on any atom is 0.168 e. The maximum atomic E-state index is 13.8. The zero-order chi connectivity index (χ0) is 14.0. The average Bonchev–Trinajstić information content (AvgIpc) is 2.34. The number of benzene rings is 2. The Balaban J connectivity index is 2.32. The normalized spacial score (nSPS) is 10.3. The summed E-state index contributed by atoms with van der Waals surface area (Å²) in [6.45, 7) is 1.66. The molecular weight excluding hydrogens is 267 g/mol. The SMILES string of the molecule is Cc1cccc(Oc2ccc(C(=N)N)c(Cl)c2)c1F. The van der Waals surface area contributed by atoms with E-state index < -0.39 is 5.82 Å². The fourth-order valence-electron chi connectivity index (χ4n) is 1.60. The first-order valence-corrected chi connectivity index (χ1v) is 5.93. The van der Waals surface area contributed by atoms with Gasteiger partial charge in [-0.1, -0.05) is 23.7 Å². The second-order valence-corrected chi connectivity index (χ2v) is 4.45. The Kier molecular flexibility index (Phi) is 3.71. The van der Waals surface area contributed by atoms with E-state index in [0.29, 0.717) is 16.9 Å². The predicted octanol–water partition coefficient (Wildman–Crippen LogP) is 3.86. The van der Waals surface area contributed by atoms with Gasteiger partial charge in [0.25, 0.3) is 0 Å². The number of aryl methyl sites for hydroxylation is 1. The van der Waals surface area contributed by atoms with Crippen LogP contribution in [0.4, 0.5) is 4.39 Å². The molecule has 0 spiro atoms. The zero-order valence-corrected chi connectivity index (χ0v) is 11.0. The lowest BCUT2D eigenvalue weighted by molar-refractivity contribution is 0.440. The van der Waals surface area contributed by atoms with Gasteiger partial charge in [0.2, 0.25) is 0 Å². The highest BCUT2D eigenvalue weighted by molar-refractivity contribution is 6.34. The molecule has 0 heterocycles. The minimum atomic E-state index is -0.408. The van der Waals surface area contributed by atoms with Crippen molar-refractivity contribution in [2.24, 2.45) is 5.73 Å². The number of hydrogen-bond donors (Lipinski definition) is 2. The summed E-state index contributed by atoms with van der Waals surface area (Å²) < 4.78 is 19.2. The first-order valence-electron chi connectivity index (χ1n) is 5.56. The predicted molar refractivity (Wildman–Crippen MR) is 73.7 cm³/mol. The molecule has 2 aromatic carbocycles. The molecule has 0 aliphatic heterocycles. The van der Waals surface area contributed by atoms with E-state index in [1.54, 1.807) is 31.2 Å². The van der Waals surface area contributed by atoms with Crippen LogP contribution < -0.4 is 10.5 Å². The van der Waals surface area contributed by atoms with Crippen molar-refractivity contribution in [1.82, 2.24) is 0 Å². The summed E-state index contributed by atoms with van der Waals surface area (Å²) in [5.74, 6) is -0.0151. The molecule has 2 aromatic rings. The van der Waals surface area contributed by atoms with Gasteiger partial charge in [0.1, 0.15) is 11.6 Å². The summed E-state index contributed by atoms with van der Waals surface area (Å²) in [6, 6.07) is 9.56. The Morgan fingerprint density at radius 2 is 2.05 bits per heavy atom. The zero-order valence-electron chi connectivity index (χ0n) is 10.2. The number of nitrogens with one attached hydrogen (secondary N) is 1. The Labute approximate surface area is 115 Å². The topological polar surface area (TPSA) is 59.1 Å². The smallest absolute Gasteiger partial charge is 0.168 e. The summed E-state index contributed by atoms with van der Waals surface area (Å²) in [5, 5.41) is 7.61. The van der Waals surface area contributed by atoms with Crippen LogP contribution in [0.25, 0.3) is 0 Å². The minimum absolute atomic E-state index is 0.127. The highest BCUT2D eigenvalue weighted by Crippen LogP contribution is 2.29. The van der Waals surface area contributed by atoms with Crippen LogP contribution in [0.1, 0.15) is 11.1 Å². The van der Waals surface area contributed by atoms with Crippen molar-refractivity contribution >= 4 is 17.4 Å². The van der Waals surface area contributed by atoms with Gasteiger partial charge in [0.15, 0.2) is 11.6 Å². The van der Waals surface area contributed by atoms with E-state index in [2.05, 4.69) is 0 Å². The highest BCUT2D eigenvalue weighted by Gasteiger charge is 2.09.